The quantitative estimate of drug-likeness (QED) is 0.0926. The first-order valence-corrected chi connectivity index (χ1v) is 20.7. The van der Waals surface area contributed by atoms with Gasteiger partial charge in [-0.05, 0) is 62.9 Å². The summed E-state index contributed by atoms with van der Waals surface area (Å²) in [5, 5.41) is 10.3. The van der Waals surface area contributed by atoms with E-state index in [1.807, 2.05) is 115 Å². The highest BCUT2D eigenvalue weighted by Gasteiger charge is 2.49. The molecule has 7 nitrogen and oxygen atoms in total. The van der Waals surface area contributed by atoms with Crippen LogP contribution in [0.5, 0.6) is 0 Å². The number of ether oxygens (including phenoxy) is 5. The van der Waals surface area contributed by atoms with Crippen molar-refractivity contribution in [3.63, 3.8) is 0 Å². The molecular weight excluding hydrogens is 749 g/mol. The number of aromatic carboxylic acids is 1. The van der Waals surface area contributed by atoms with Crippen LogP contribution in [0, 0.1) is 0 Å². The number of aryl methyl sites for hydroxylation is 2. The number of benzene rings is 5. The van der Waals surface area contributed by atoms with Crippen molar-refractivity contribution in [2.24, 2.45) is 0 Å². The number of hydrogen-bond acceptors (Lipinski definition) is 6. The van der Waals surface area contributed by atoms with E-state index >= 15 is 0 Å². The molecule has 5 atom stereocenters. The Morgan fingerprint density at radius 3 is 1.58 bits per heavy atom. The first-order valence-electron chi connectivity index (χ1n) is 20.7. The smallest absolute Gasteiger partial charge is 0.336 e. The highest BCUT2D eigenvalue weighted by Crippen LogP contribution is 2.39. The molecule has 5 aromatic carbocycles. The second-order valence-electron chi connectivity index (χ2n) is 15.3. The Balaban J connectivity index is 1.13. The van der Waals surface area contributed by atoms with E-state index in [1.54, 1.807) is 0 Å². The first kappa shape index (κ1) is 40.8. The molecule has 60 heavy (non-hydrogen) atoms. The summed E-state index contributed by atoms with van der Waals surface area (Å²) in [7, 11) is 0. The third-order valence-corrected chi connectivity index (χ3v) is 11.1. The van der Waals surface area contributed by atoms with Gasteiger partial charge in [-0.15, -0.1) is 0 Å². The SMILES string of the molecule is O=C(O)c1c(CCc2cccc([C@@H]3O[C@H](COCc4ccccc4)[C@@H](OCc4ccccc4)[C@H](OCc4ccccc4)[C@H]3OCc3ccccc3)c2)cc2cccccc1-2. The Morgan fingerprint density at radius 2 is 1.00 bits per heavy atom. The Kier molecular flexibility index (Phi) is 13.9. The van der Waals surface area contributed by atoms with Gasteiger partial charge in [-0.2, -0.15) is 0 Å². The minimum absolute atomic E-state index is 0.265. The maximum atomic E-state index is 12.5. The normalized spacial score (nSPS) is 19.0. The monoisotopic (exact) mass is 798 g/mol. The van der Waals surface area contributed by atoms with Gasteiger partial charge in [-0.3, -0.25) is 0 Å². The molecule has 7 heteroatoms. The number of carboxylic acid groups (broad SMARTS) is 1. The molecule has 1 heterocycles. The zero-order chi connectivity index (χ0) is 40.9. The molecular formula is C53H50O7. The lowest BCUT2D eigenvalue weighted by atomic mass is 9.89. The standard InChI is InChI=1S/C53H50O7/c54-53(55)48-44(32-43-26-14-5-15-28-46(43)48)30-29-38-25-16-27-45(31-38)49-51(58-35-41-21-10-3-11-22-41)52(59-36-42-23-12-4-13-24-42)50(57-34-40-19-8-2-9-20-40)47(60-49)37-56-33-39-17-6-1-7-18-39/h1-28,31-32,47,49-52H,29-30,33-37H2,(H,54,55)/t47-,49+,50-,51+,52+/m1/s1. The lowest BCUT2D eigenvalue weighted by Crippen LogP contribution is -2.58. The van der Waals surface area contributed by atoms with Crippen molar-refractivity contribution in [1.29, 1.82) is 0 Å². The molecule has 0 radical (unpaired) electrons. The summed E-state index contributed by atoms with van der Waals surface area (Å²) in [4.78, 5) is 12.5. The van der Waals surface area contributed by atoms with Crippen molar-refractivity contribution in [3.8, 4) is 11.1 Å². The van der Waals surface area contributed by atoms with Crippen LogP contribution in [0.3, 0.4) is 0 Å². The summed E-state index contributed by atoms with van der Waals surface area (Å²) in [6, 6.07) is 60.5. The van der Waals surface area contributed by atoms with Gasteiger partial charge in [0.1, 0.15) is 30.5 Å². The molecule has 1 saturated heterocycles. The van der Waals surface area contributed by atoms with Crippen molar-refractivity contribution in [3.05, 3.63) is 226 Å². The minimum Gasteiger partial charge on any atom is -0.478 e. The predicted octanol–water partition coefficient (Wildman–Crippen LogP) is 10.7. The minimum atomic E-state index is -0.917. The molecule has 0 unspecified atom stereocenters. The molecule has 1 fully saturated rings. The first-order chi connectivity index (χ1) is 29.6. The fraction of sp³-hybridized carbons (Fsp3) is 0.226. The molecule has 304 valence electrons. The predicted molar refractivity (Wildman–Crippen MR) is 233 cm³/mol. The summed E-state index contributed by atoms with van der Waals surface area (Å²) in [5.74, 6) is -0.917. The van der Waals surface area contributed by atoms with Gasteiger partial charge >= 0.3 is 5.97 Å². The molecule has 1 aliphatic heterocycles. The highest BCUT2D eigenvalue weighted by molar-refractivity contribution is 5.99. The zero-order valence-corrected chi connectivity index (χ0v) is 33.6. The van der Waals surface area contributed by atoms with Crippen LogP contribution in [0.1, 0.15) is 55.4 Å². The third kappa shape index (κ3) is 10.4. The van der Waals surface area contributed by atoms with E-state index in [4.69, 9.17) is 23.7 Å². The summed E-state index contributed by atoms with van der Waals surface area (Å²) >= 11 is 0. The van der Waals surface area contributed by atoms with Crippen LogP contribution >= 0.6 is 0 Å². The molecule has 0 spiro atoms. The van der Waals surface area contributed by atoms with Crippen LogP contribution < -0.4 is 0 Å². The number of fused-ring (bicyclic) bond motifs is 1. The van der Waals surface area contributed by atoms with Gasteiger partial charge in [-0.1, -0.05) is 182 Å². The molecule has 0 amide bonds. The van der Waals surface area contributed by atoms with Gasteiger partial charge in [0, 0.05) is 0 Å². The lowest BCUT2D eigenvalue weighted by molar-refractivity contribution is -0.275. The van der Waals surface area contributed by atoms with E-state index in [9.17, 15) is 9.90 Å². The Bertz CT molecular complexity index is 2350. The molecule has 0 bridgehead atoms. The second-order valence-corrected chi connectivity index (χ2v) is 15.3. The maximum Gasteiger partial charge on any atom is 0.336 e. The van der Waals surface area contributed by atoms with E-state index in [-0.39, 0.29) is 6.61 Å². The average Bonchev–Trinajstić information content (AvgIpc) is 3.49. The summed E-state index contributed by atoms with van der Waals surface area (Å²) < 4.78 is 34.4. The molecule has 0 aromatic heterocycles. The van der Waals surface area contributed by atoms with Crippen molar-refractivity contribution < 1.29 is 33.6 Å². The summed E-state index contributed by atoms with van der Waals surface area (Å²) in [6.45, 7) is 1.74. The van der Waals surface area contributed by atoms with E-state index in [0.29, 0.717) is 44.8 Å². The third-order valence-electron chi connectivity index (χ3n) is 11.1. The molecule has 8 rings (SSSR count). The highest BCUT2D eigenvalue weighted by atomic mass is 16.6. The van der Waals surface area contributed by atoms with Crippen molar-refractivity contribution in [1.82, 2.24) is 0 Å². The fourth-order valence-corrected chi connectivity index (χ4v) is 8.06. The number of rotatable bonds is 18. The number of carboxylic acids is 1. The molecule has 1 N–H and O–H groups in total. The van der Waals surface area contributed by atoms with E-state index in [0.717, 1.165) is 50.1 Å². The van der Waals surface area contributed by atoms with Crippen LogP contribution in [0.2, 0.25) is 0 Å². The van der Waals surface area contributed by atoms with Crippen LogP contribution in [-0.4, -0.2) is 42.1 Å². The summed E-state index contributed by atoms with van der Waals surface area (Å²) in [5.41, 5.74) is 9.02. The van der Waals surface area contributed by atoms with Crippen LogP contribution in [0.4, 0.5) is 0 Å². The van der Waals surface area contributed by atoms with Crippen molar-refractivity contribution in [2.75, 3.05) is 6.61 Å². The number of carbonyl (C=O) groups is 1. The summed E-state index contributed by atoms with van der Waals surface area (Å²) in [6.07, 6.45) is -1.53. The molecule has 0 saturated carbocycles. The Labute approximate surface area is 352 Å². The van der Waals surface area contributed by atoms with E-state index in [1.165, 1.54) is 0 Å². The largest absolute Gasteiger partial charge is 0.478 e. The van der Waals surface area contributed by atoms with Gasteiger partial charge < -0.3 is 28.8 Å². The molecule has 3 aliphatic rings. The van der Waals surface area contributed by atoms with Gasteiger partial charge in [0.05, 0.1) is 38.6 Å². The van der Waals surface area contributed by atoms with Crippen LogP contribution in [0.25, 0.3) is 11.1 Å². The lowest BCUT2D eigenvalue weighted by Gasteiger charge is -2.46. The fourth-order valence-electron chi connectivity index (χ4n) is 8.06. The van der Waals surface area contributed by atoms with Crippen LogP contribution in [-0.2, 0) is 63.0 Å². The molecule has 5 aromatic rings. The van der Waals surface area contributed by atoms with Gasteiger partial charge in [-0.25, -0.2) is 4.79 Å². The maximum absolute atomic E-state index is 12.5. The van der Waals surface area contributed by atoms with Gasteiger partial charge in [0.25, 0.3) is 0 Å². The van der Waals surface area contributed by atoms with Gasteiger partial charge in [0.2, 0.25) is 0 Å². The Hall–Kier alpha value is -5.93. The van der Waals surface area contributed by atoms with Crippen molar-refractivity contribution in [2.45, 2.75) is 69.8 Å². The zero-order valence-electron chi connectivity index (χ0n) is 33.6. The number of hydrogen-bond donors (Lipinski definition) is 1. The van der Waals surface area contributed by atoms with Gasteiger partial charge in [0.15, 0.2) is 0 Å². The van der Waals surface area contributed by atoms with Crippen LogP contribution in [0.15, 0.2) is 182 Å². The van der Waals surface area contributed by atoms with Crippen molar-refractivity contribution >= 4 is 5.97 Å². The van der Waals surface area contributed by atoms with E-state index in [2.05, 4.69) is 66.7 Å². The average molecular weight is 799 g/mol. The van der Waals surface area contributed by atoms with E-state index < -0.39 is 36.5 Å². The molecule has 2 aliphatic carbocycles. The topological polar surface area (TPSA) is 83.5 Å². The second kappa shape index (κ2) is 20.4. The Morgan fingerprint density at radius 1 is 0.500 bits per heavy atom.